The Bertz CT molecular complexity index is 781. The van der Waals surface area contributed by atoms with E-state index < -0.39 is 0 Å². The van der Waals surface area contributed by atoms with E-state index >= 15 is 0 Å². The molecule has 5 nitrogen and oxygen atoms in total. The summed E-state index contributed by atoms with van der Waals surface area (Å²) >= 11 is 0. The summed E-state index contributed by atoms with van der Waals surface area (Å²) in [4.78, 5) is 19.0. The summed E-state index contributed by atoms with van der Waals surface area (Å²) in [5.74, 6) is 1.63. The summed E-state index contributed by atoms with van der Waals surface area (Å²) in [6.45, 7) is 2.60. The minimum atomic E-state index is -0.131. The van der Waals surface area contributed by atoms with Crippen LogP contribution in [0.2, 0.25) is 0 Å². The predicted molar refractivity (Wildman–Crippen MR) is 109 cm³/mol. The van der Waals surface area contributed by atoms with Crippen molar-refractivity contribution in [2.24, 2.45) is 0 Å². The van der Waals surface area contributed by atoms with Crippen molar-refractivity contribution < 1.29 is 9.53 Å². The molecule has 2 aromatic rings. The van der Waals surface area contributed by atoms with Gasteiger partial charge in [0.05, 0.1) is 7.11 Å². The molecule has 27 heavy (non-hydrogen) atoms. The molecule has 1 N–H and O–H groups in total. The van der Waals surface area contributed by atoms with Crippen molar-refractivity contribution >= 4 is 17.8 Å². The van der Waals surface area contributed by atoms with Gasteiger partial charge in [-0.05, 0) is 42.7 Å². The average molecular weight is 365 g/mol. The topological polar surface area (TPSA) is 54.5 Å². The molecule has 1 saturated heterocycles. The molecule has 0 spiro atoms. The summed E-state index contributed by atoms with van der Waals surface area (Å²) in [5.41, 5.74) is 1.94. The number of benzene rings is 1. The molecule has 2 heterocycles. The number of carbonyl (C=O) groups excluding carboxylic acids is 1. The fourth-order valence-electron chi connectivity index (χ4n) is 3.26. The van der Waals surface area contributed by atoms with Crippen LogP contribution in [-0.2, 0) is 11.3 Å². The molecule has 0 saturated carbocycles. The number of para-hydroxylation sites is 1. The molecule has 1 aromatic heterocycles. The van der Waals surface area contributed by atoms with E-state index in [-0.39, 0.29) is 5.91 Å². The number of nitrogens with zero attached hydrogens (tertiary/aromatic N) is 2. The highest BCUT2D eigenvalue weighted by molar-refractivity contribution is 5.92. The largest absolute Gasteiger partial charge is 0.496 e. The molecule has 0 aliphatic carbocycles. The number of anilines is 1. The van der Waals surface area contributed by atoms with E-state index in [0.717, 1.165) is 35.8 Å². The van der Waals surface area contributed by atoms with Crippen LogP contribution in [0.5, 0.6) is 5.75 Å². The first-order valence-electron chi connectivity index (χ1n) is 9.55. The zero-order chi connectivity index (χ0) is 18.9. The first-order valence-corrected chi connectivity index (χ1v) is 9.55. The van der Waals surface area contributed by atoms with E-state index in [0.29, 0.717) is 6.54 Å². The highest BCUT2D eigenvalue weighted by Gasteiger charge is 2.11. The van der Waals surface area contributed by atoms with Crippen molar-refractivity contribution in [2.75, 3.05) is 25.1 Å². The van der Waals surface area contributed by atoms with E-state index in [1.807, 2.05) is 36.5 Å². The lowest BCUT2D eigenvalue weighted by atomic mass is 10.2. The summed E-state index contributed by atoms with van der Waals surface area (Å²) in [5, 5.41) is 2.94. The van der Waals surface area contributed by atoms with Gasteiger partial charge in [-0.1, -0.05) is 31.0 Å². The van der Waals surface area contributed by atoms with Gasteiger partial charge in [0.1, 0.15) is 11.6 Å². The lowest BCUT2D eigenvalue weighted by Gasteiger charge is -2.21. The second-order valence-electron chi connectivity index (χ2n) is 6.72. The maximum atomic E-state index is 12.2. The molecule has 0 bridgehead atoms. The Morgan fingerprint density at radius 3 is 2.74 bits per heavy atom. The zero-order valence-corrected chi connectivity index (χ0v) is 15.9. The van der Waals surface area contributed by atoms with Gasteiger partial charge in [0, 0.05) is 37.5 Å². The average Bonchev–Trinajstić information content (AvgIpc) is 3.01. The Kier molecular flexibility index (Phi) is 6.85. The van der Waals surface area contributed by atoms with E-state index in [1.54, 1.807) is 13.2 Å². The predicted octanol–water partition coefficient (Wildman–Crippen LogP) is 3.80. The van der Waals surface area contributed by atoms with Gasteiger partial charge in [0.25, 0.3) is 0 Å². The molecule has 1 aliphatic rings. The fraction of sp³-hybridized carbons (Fsp3) is 0.364. The van der Waals surface area contributed by atoms with Crippen LogP contribution in [0.25, 0.3) is 6.08 Å². The third kappa shape index (κ3) is 5.58. The van der Waals surface area contributed by atoms with E-state index in [4.69, 9.17) is 4.74 Å². The van der Waals surface area contributed by atoms with Gasteiger partial charge < -0.3 is 15.0 Å². The number of pyridine rings is 1. The molecule has 1 aromatic carbocycles. The molecule has 1 fully saturated rings. The third-order valence-corrected chi connectivity index (χ3v) is 4.76. The van der Waals surface area contributed by atoms with Gasteiger partial charge in [-0.25, -0.2) is 4.98 Å². The van der Waals surface area contributed by atoms with Crippen LogP contribution in [0.1, 0.15) is 36.8 Å². The lowest BCUT2D eigenvalue weighted by Crippen LogP contribution is -2.25. The summed E-state index contributed by atoms with van der Waals surface area (Å²) < 4.78 is 5.29. The number of rotatable bonds is 6. The van der Waals surface area contributed by atoms with Crippen molar-refractivity contribution in [3.05, 3.63) is 59.8 Å². The van der Waals surface area contributed by atoms with Crippen LogP contribution in [0.15, 0.2) is 48.7 Å². The highest BCUT2D eigenvalue weighted by Crippen LogP contribution is 2.19. The number of carbonyl (C=O) groups is 1. The molecule has 0 atom stereocenters. The molecular formula is C22H27N3O2. The van der Waals surface area contributed by atoms with Crippen LogP contribution in [0.3, 0.4) is 0 Å². The van der Waals surface area contributed by atoms with E-state index in [2.05, 4.69) is 21.3 Å². The molecule has 142 valence electrons. The van der Waals surface area contributed by atoms with Crippen molar-refractivity contribution in [1.82, 2.24) is 10.3 Å². The SMILES string of the molecule is COc1ccccc1/C=C/C(=O)NCc1ccnc(N2CCCCCC2)c1. The van der Waals surface area contributed by atoms with Crippen molar-refractivity contribution in [3.63, 3.8) is 0 Å². The van der Waals surface area contributed by atoms with E-state index in [9.17, 15) is 4.79 Å². The zero-order valence-electron chi connectivity index (χ0n) is 15.9. The second kappa shape index (κ2) is 9.76. The lowest BCUT2D eigenvalue weighted by molar-refractivity contribution is -0.116. The molecule has 1 aliphatic heterocycles. The van der Waals surface area contributed by atoms with Crippen LogP contribution in [0.4, 0.5) is 5.82 Å². The second-order valence-corrected chi connectivity index (χ2v) is 6.72. The van der Waals surface area contributed by atoms with Crippen LogP contribution in [-0.4, -0.2) is 31.1 Å². The quantitative estimate of drug-likeness (QED) is 0.791. The molecule has 5 heteroatoms. The summed E-state index contributed by atoms with van der Waals surface area (Å²) in [6.07, 6.45) is 10.2. The van der Waals surface area contributed by atoms with Gasteiger partial charge in [0.2, 0.25) is 5.91 Å². The van der Waals surface area contributed by atoms with Gasteiger partial charge in [-0.3, -0.25) is 4.79 Å². The number of hydrogen-bond acceptors (Lipinski definition) is 4. The Hall–Kier alpha value is -2.82. The minimum absolute atomic E-state index is 0.131. The Morgan fingerprint density at radius 2 is 1.96 bits per heavy atom. The Balaban J connectivity index is 1.57. The summed E-state index contributed by atoms with van der Waals surface area (Å²) in [7, 11) is 1.62. The Labute approximate surface area is 161 Å². The first-order chi connectivity index (χ1) is 13.3. The number of ether oxygens (including phenoxy) is 1. The van der Waals surface area contributed by atoms with Gasteiger partial charge in [-0.15, -0.1) is 0 Å². The number of nitrogens with one attached hydrogen (secondary N) is 1. The Morgan fingerprint density at radius 1 is 1.19 bits per heavy atom. The number of amides is 1. The summed E-state index contributed by atoms with van der Waals surface area (Å²) in [6, 6.07) is 11.6. The van der Waals surface area contributed by atoms with Crippen LogP contribution < -0.4 is 15.0 Å². The maximum Gasteiger partial charge on any atom is 0.244 e. The minimum Gasteiger partial charge on any atom is -0.496 e. The van der Waals surface area contributed by atoms with E-state index in [1.165, 1.54) is 31.8 Å². The fourth-order valence-corrected chi connectivity index (χ4v) is 3.26. The van der Waals surface area contributed by atoms with Gasteiger partial charge in [0.15, 0.2) is 0 Å². The van der Waals surface area contributed by atoms with Crippen molar-refractivity contribution in [3.8, 4) is 5.75 Å². The first kappa shape index (κ1) is 19.0. The smallest absolute Gasteiger partial charge is 0.244 e. The van der Waals surface area contributed by atoms with Crippen molar-refractivity contribution in [1.29, 1.82) is 0 Å². The van der Waals surface area contributed by atoms with Gasteiger partial charge >= 0.3 is 0 Å². The molecule has 3 rings (SSSR count). The highest BCUT2D eigenvalue weighted by atomic mass is 16.5. The molecular weight excluding hydrogens is 338 g/mol. The normalized spacial score (nSPS) is 14.8. The number of hydrogen-bond donors (Lipinski definition) is 1. The van der Waals surface area contributed by atoms with Gasteiger partial charge in [-0.2, -0.15) is 0 Å². The maximum absolute atomic E-state index is 12.2. The van der Waals surface area contributed by atoms with Crippen LogP contribution in [0, 0.1) is 0 Å². The molecule has 0 radical (unpaired) electrons. The number of methoxy groups -OCH3 is 1. The molecule has 1 amide bonds. The number of aromatic nitrogens is 1. The van der Waals surface area contributed by atoms with Crippen molar-refractivity contribution in [2.45, 2.75) is 32.2 Å². The molecule has 0 unspecified atom stereocenters. The van der Waals surface area contributed by atoms with Crippen LogP contribution >= 0.6 is 0 Å². The standard InChI is InChI=1S/C22H27N3O2/c1-27-20-9-5-4-8-19(20)10-11-22(26)24-17-18-12-13-23-21(16-18)25-14-6-2-3-7-15-25/h4-5,8-13,16H,2-3,6-7,14-15,17H2,1H3,(H,24,26)/b11-10+. The third-order valence-electron chi connectivity index (χ3n) is 4.76. The monoisotopic (exact) mass is 365 g/mol.